The standard InChI is InChI=1S/C16H12N2O2S/c19-15-14(9-13-7-4-8-17-10-13)21-16(20)18(15)11-12-5-2-1-3-6-12/h1-10H,11H2. The molecular formula is C16H12N2O2S. The van der Waals surface area contributed by atoms with E-state index < -0.39 is 0 Å². The van der Waals surface area contributed by atoms with Crippen molar-refractivity contribution in [3.63, 3.8) is 0 Å². The van der Waals surface area contributed by atoms with Crippen molar-refractivity contribution in [3.8, 4) is 0 Å². The Labute approximate surface area is 126 Å². The molecule has 0 saturated carbocycles. The van der Waals surface area contributed by atoms with Gasteiger partial charge in [-0.25, -0.2) is 0 Å². The summed E-state index contributed by atoms with van der Waals surface area (Å²) < 4.78 is 0. The van der Waals surface area contributed by atoms with E-state index in [1.54, 1.807) is 24.5 Å². The minimum absolute atomic E-state index is 0.237. The summed E-state index contributed by atoms with van der Waals surface area (Å²) in [5, 5.41) is -0.237. The third-order valence-electron chi connectivity index (χ3n) is 3.04. The van der Waals surface area contributed by atoms with Crippen LogP contribution < -0.4 is 0 Å². The maximum Gasteiger partial charge on any atom is 0.293 e. The van der Waals surface area contributed by atoms with Crippen molar-refractivity contribution >= 4 is 29.0 Å². The highest BCUT2D eigenvalue weighted by Gasteiger charge is 2.34. The summed E-state index contributed by atoms with van der Waals surface area (Å²) in [5.41, 5.74) is 1.74. The molecule has 0 radical (unpaired) electrons. The first-order valence-corrected chi connectivity index (χ1v) is 7.25. The fourth-order valence-electron chi connectivity index (χ4n) is 2.02. The Kier molecular flexibility index (Phi) is 3.83. The van der Waals surface area contributed by atoms with E-state index in [1.165, 1.54) is 4.90 Å². The molecule has 0 unspecified atom stereocenters. The van der Waals surface area contributed by atoms with Crippen LogP contribution in [0.3, 0.4) is 0 Å². The molecule has 1 aliphatic rings. The van der Waals surface area contributed by atoms with Gasteiger partial charge in [0, 0.05) is 12.4 Å². The lowest BCUT2D eigenvalue weighted by atomic mass is 10.2. The fourth-order valence-corrected chi connectivity index (χ4v) is 2.85. The van der Waals surface area contributed by atoms with Crippen molar-refractivity contribution in [2.75, 3.05) is 0 Å². The molecule has 1 aromatic heterocycles. The van der Waals surface area contributed by atoms with Crippen LogP contribution in [0.25, 0.3) is 6.08 Å². The topological polar surface area (TPSA) is 50.3 Å². The fraction of sp³-hybridized carbons (Fsp3) is 0.0625. The Hall–Kier alpha value is -2.40. The van der Waals surface area contributed by atoms with E-state index in [4.69, 9.17) is 0 Å². The van der Waals surface area contributed by atoms with Crippen molar-refractivity contribution in [3.05, 3.63) is 70.9 Å². The molecule has 5 heteroatoms. The maximum absolute atomic E-state index is 12.3. The van der Waals surface area contributed by atoms with Gasteiger partial charge in [0.25, 0.3) is 11.1 Å². The number of carbonyl (C=O) groups is 2. The van der Waals surface area contributed by atoms with Gasteiger partial charge in [0.1, 0.15) is 0 Å². The van der Waals surface area contributed by atoms with E-state index in [1.807, 2.05) is 36.4 Å². The molecule has 2 amide bonds. The lowest BCUT2D eigenvalue weighted by Crippen LogP contribution is -2.27. The number of amides is 2. The zero-order valence-electron chi connectivity index (χ0n) is 11.1. The normalized spacial score (nSPS) is 16.8. The largest absolute Gasteiger partial charge is 0.293 e. The number of aromatic nitrogens is 1. The second-order valence-electron chi connectivity index (χ2n) is 4.54. The molecule has 0 N–H and O–H groups in total. The van der Waals surface area contributed by atoms with Crippen LogP contribution in [0.1, 0.15) is 11.1 Å². The average molecular weight is 296 g/mol. The predicted molar refractivity (Wildman–Crippen MR) is 82.2 cm³/mol. The van der Waals surface area contributed by atoms with Crippen molar-refractivity contribution in [2.45, 2.75) is 6.54 Å². The summed E-state index contributed by atoms with van der Waals surface area (Å²) in [4.78, 5) is 30.0. The molecule has 0 spiro atoms. The number of rotatable bonds is 3. The number of benzene rings is 1. The summed E-state index contributed by atoms with van der Waals surface area (Å²) in [6, 6.07) is 13.1. The van der Waals surface area contributed by atoms with Crippen molar-refractivity contribution < 1.29 is 9.59 Å². The lowest BCUT2D eigenvalue weighted by molar-refractivity contribution is -0.123. The monoisotopic (exact) mass is 296 g/mol. The van der Waals surface area contributed by atoms with Gasteiger partial charge in [-0.3, -0.25) is 19.5 Å². The summed E-state index contributed by atoms with van der Waals surface area (Å²) in [6.45, 7) is 0.301. The molecule has 0 aliphatic carbocycles. The quantitative estimate of drug-likeness (QED) is 0.815. The highest BCUT2D eigenvalue weighted by molar-refractivity contribution is 8.18. The van der Waals surface area contributed by atoms with Gasteiger partial charge in [0.15, 0.2) is 0 Å². The number of carbonyl (C=O) groups excluding carboxylic acids is 2. The van der Waals surface area contributed by atoms with E-state index in [9.17, 15) is 9.59 Å². The molecular weight excluding hydrogens is 284 g/mol. The van der Waals surface area contributed by atoms with Crippen molar-refractivity contribution in [2.24, 2.45) is 0 Å². The molecule has 1 aliphatic heterocycles. The molecule has 4 nitrogen and oxygen atoms in total. The molecule has 104 valence electrons. The van der Waals surface area contributed by atoms with Gasteiger partial charge in [-0.15, -0.1) is 0 Å². The molecule has 3 rings (SSSR count). The molecule has 21 heavy (non-hydrogen) atoms. The Morgan fingerprint density at radius 2 is 1.90 bits per heavy atom. The molecule has 1 fully saturated rings. The lowest BCUT2D eigenvalue weighted by Gasteiger charge is -2.12. The summed E-state index contributed by atoms with van der Waals surface area (Å²) in [5.74, 6) is -0.252. The maximum atomic E-state index is 12.3. The Morgan fingerprint density at radius 3 is 2.62 bits per heavy atom. The van der Waals surface area contributed by atoms with Crippen LogP contribution in [0.15, 0.2) is 59.8 Å². The predicted octanol–water partition coefficient (Wildman–Crippen LogP) is 3.32. The van der Waals surface area contributed by atoms with Crippen molar-refractivity contribution in [1.82, 2.24) is 9.88 Å². The highest BCUT2D eigenvalue weighted by Crippen LogP contribution is 2.33. The van der Waals surface area contributed by atoms with Gasteiger partial charge >= 0.3 is 0 Å². The van der Waals surface area contributed by atoms with Crippen LogP contribution in [-0.2, 0) is 11.3 Å². The van der Waals surface area contributed by atoms with Crippen LogP contribution >= 0.6 is 11.8 Å². The van der Waals surface area contributed by atoms with Gasteiger partial charge in [0.2, 0.25) is 0 Å². The first-order valence-electron chi connectivity index (χ1n) is 6.43. The van der Waals surface area contributed by atoms with Crippen LogP contribution in [0.4, 0.5) is 4.79 Å². The van der Waals surface area contributed by atoms with E-state index in [-0.39, 0.29) is 11.1 Å². The van der Waals surface area contributed by atoms with E-state index in [2.05, 4.69) is 4.98 Å². The van der Waals surface area contributed by atoms with Crippen molar-refractivity contribution in [1.29, 1.82) is 0 Å². The van der Waals surface area contributed by atoms with Crippen LogP contribution in [0, 0.1) is 0 Å². The van der Waals surface area contributed by atoms with Crippen LogP contribution in [0.5, 0.6) is 0 Å². The zero-order chi connectivity index (χ0) is 14.7. The first-order chi connectivity index (χ1) is 10.2. The Bertz CT molecular complexity index is 699. The minimum atomic E-state index is -0.252. The number of pyridine rings is 1. The second kappa shape index (κ2) is 5.93. The molecule has 1 saturated heterocycles. The zero-order valence-corrected chi connectivity index (χ0v) is 11.9. The first kappa shape index (κ1) is 13.6. The van der Waals surface area contributed by atoms with Crippen LogP contribution in [0.2, 0.25) is 0 Å². The number of thioether (sulfide) groups is 1. The summed E-state index contributed by atoms with van der Waals surface area (Å²) >= 11 is 0.967. The SMILES string of the molecule is O=C1SC(=Cc2cccnc2)C(=O)N1Cc1ccccc1. The summed E-state index contributed by atoms with van der Waals surface area (Å²) in [7, 11) is 0. The molecule has 0 atom stereocenters. The van der Waals surface area contributed by atoms with E-state index in [0.717, 1.165) is 22.9 Å². The second-order valence-corrected chi connectivity index (χ2v) is 5.53. The number of hydrogen-bond donors (Lipinski definition) is 0. The number of imide groups is 1. The molecule has 2 heterocycles. The Morgan fingerprint density at radius 1 is 1.10 bits per heavy atom. The van der Waals surface area contributed by atoms with Gasteiger partial charge in [0.05, 0.1) is 11.4 Å². The molecule has 2 aromatic rings. The third kappa shape index (κ3) is 3.03. The summed E-state index contributed by atoms with van der Waals surface area (Å²) in [6.07, 6.45) is 5.02. The van der Waals surface area contributed by atoms with E-state index in [0.29, 0.717) is 11.4 Å². The van der Waals surface area contributed by atoms with Gasteiger partial charge < -0.3 is 0 Å². The Balaban J connectivity index is 1.81. The van der Waals surface area contributed by atoms with Gasteiger partial charge in [-0.05, 0) is 35.0 Å². The van der Waals surface area contributed by atoms with Gasteiger partial charge in [-0.1, -0.05) is 36.4 Å². The molecule has 1 aromatic carbocycles. The minimum Gasteiger partial charge on any atom is -0.268 e. The number of hydrogen-bond acceptors (Lipinski definition) is 4. The average Bonchev–Trinajstić information content (AvgIpc) is 2.77. The molecule has 0 bridgehead atoms. The smallest absolute Gasteiger partial charge is 0.268 e. The van der Waals surface area contributed by atoms with E-state index >= 15 is 0 Å². The van der Waals surface area contributed by atoms with Crippen LogP contribution in [-0.4, -0.2) is 21.0 Å². The highest BCUT2D eigenvalue weighted by atomic mass is 32.2. The number of nitrogens with zero attached hydrogens (tertiary/aromatic N) is 2. The third-order valence-corrected chi connectivity index (χ3v) is 3.95. The van der Waals surface area contributed by atoms with Gasteiger partial charge in [-0.2, -0.15) is 0 Å².